The van der Waals surface area contributed by atoms with Crippen LogP contribution in [0.15, 0.2) is 97.1 Å². The number of H-pyrrole nitrogens is 5. The Hall–Kier alpha value is -8.88. The van der Waals surface area contributed by atoms with Crippen LogP contribution in [0.4, 0.5) is 11.4 Å². The molecule has 16 bridgehead atoms. The molecule has 7 aromatic heterocycles. The fraction of sp³-hybridized carbons (Fsp3) is 0.300. The van der Waals surface area contributed by atoms with Gasteiger partial charge in [-0.25, -0.2) is 4.98 Å². The molecule has 0 spiro atoms. The number of hydrogen-bond acceptors (Lipinski definition) is 2. The Morgan fingerprint density at radius 1 is 0.307 bits per heavy atom. The highest BCUT2D eigenvalue weighted by molar-refractivity contribution is 6.35. The molecule has 17 rings (SSSR count). The van der Waals surface area contributed by atoms with Gasteiger partial charge in [0.2, 0.25) is 0 Å². The normalized spacial score (nSPS) is 13.5. The molecule has 6 N–H and O–H groups in total. The van der Waals surface area contributed by atoms with E-state index in [0.29, 0.717) is 0 Å². The van der Waals surface area contributed by atoms with E-state index in [1.54, 1.807) is 0 Å². The Bertz CT molecular complexity index is 5860. The van der Waals surface area contributed by atoms with Gasteiger partial charge >= 0.3 is 0 Å². The van der Waals surface area contributed by atoms with Crippen LogP contribution in [0.5, 0.6) is 0 Å². The minimum atomic E-state index is 0.150. The number of aromatic nitrogens is 7. The third-order valence-electron chi connectivity index (χ3n) is 20.6. The maximum atomic E-state index is 6.12. The van der Waals surface area contributed by atoms with Crippen LogP contribution in [-0.2, 0) is 0 Å². The van der Waals surface area contributed by atoms with E-state index in [-0.39, 0.29) is 47.3 Å². The zero-order valence-corrected chi connectivity index (χ0v) is 53.8. The van der Waals surface area contributed by atoms with Crippen molar-refractivity contribution in [2.24, 2.45) is 0 Å². The molecule has 438 valence electrons. The molecular weight excluding hydrogens is 1070 g/mol. The Kier molecular flexibility index (Phi) is 11.1. The first kappa shape index (κ1) is 53.4. The van der Waals surface area contributed by atoms with Gasteiger partial charge in [-0.05, 0) is 133 Å². The average Bonchev–Trinajstić information content (AvgIpc) is 1.55. The van der Waals surface area contributed by atoms with Crippen molar-refractivity contribution in [3.8, 4) is 0 Å². The SMILES string of the molecule is CC(C)c1c2nc3c4c(c5ccccc5c13)[c+](C(C)C)c(c1[nH]c3c5[nH]c(c(C(C)C)c5c5ccccc5c3c1C(C)C)c1[n-]c3c5[nH]c(c(C(C)C)c5c5ccccc5c3c1C(C)C)c1[nH]c3c5[nH]c2c(C(C)C)c5c2ccccc2c3c1C(C)C)N4. The van der Waals surface area contributed by atoms with E-state index in [0.717, 1.165) is 88.6 Å². The number of aromatic amines is 5. The molecular formula is C80H78N8. The Morgan fingerprint density at radius 2 is 0.648 bits per heavy atom. The summed E-state index contributed by atoms with van der Waals surface area (Å²) in [4.78, 5) is 33.8. The monoisotopic (exact) mass is 1150 g/mol. The lowest BCUT2D eigenvalue weighted by molar-refractivity contribution is 0.877. The van der Waals surface area contributed by atoms with Crippen LogP contribution < -0.4 is 10.3 Å². The van der Waals surface area contributed by atoms with E-state index in [1.165, 1.54) is 131 Å². The van der Waals surface area contributed by atoms with Gasteiger partial charge < -0.3 is 29.9 Å². The molecule has 88 heavy (non-hydrogen) atoms. The Balaban J connectivity index is 1.21. The highest BCUT2D eigenvalue weighted by atomic mass is 15.0. The molecule has 0 unspecified atom stereocenters. The smallest absolute Gasteiger partial charge is 0.161 e. The van der Waals surface area contributed by atoms with Crippen molar-refractivity contribution in [2.45, 2.75) is 158 Å². The highest BCUT2D eigenvalue weighted by Gasteiger charge is 2.38. The molecule has 0 saturated carbocycles. The predicted molar refractivity (Wildman–Crippen MR) is 381 cm³/mol. The van der Waals surface area contributed by atoms with Gasteiger partial charge in [0, 0.05) is 60.2 Å². The number of hydrogen-bond donors (Lipinski definition) is 6. The van der Waals surface area contributed by atoms with Crippen molar-refractivity contribution >= 4 is 175 Å². The quantitative estimate of drug-likeness (QED) is 0.0851. The zero-order chi connectivity index (χ0) is 60.7. The minimum Gasteiger partial charge on any atom is -0.654 e. The molecule has 0 atom stereocenters. The third-order valence-corrected chi connectivity index (χ3v) is 20.6. The van der Waals surface area contributed by atoms with Crippen LogP contribution in [0.25, 0.3) is 163 Å². The van der Waals surface area contributed by atoms with Gasteiger partial charge in [-0.1, -0.05) is 187 Å². The summed E-state index contributed by atoms with van der Waals surface area (Å²) in [6, 6.07) is 36.8. The lowest BCUT2D eigenvalue weighted by Crippen LogP contribution is -1.94. The second kappa shape index (κ2) is 18.4. The maximum Gasteiger partial charge on any atom is 0.161 e. The Labute approximate surface area is 511 Å². The molecule has 8 heteroatoms. The number of anilines is 2. The van der Waals surface area contributed by atoms with E-state index in [1.807, 2.05) is 0 Å². The van der Waals surface area contributed by atoms with Crippen LogP contribution in [0.2, 0.25) is 0 Å². The number of fused-ring (bicyclic) bond motifs is 24. The van der Waals surface area contributed by atoms with E-state index in [2.05, 4.69) is 238 Å². The van der Waals surface area contributed by atoms with E-state index in [9.17, 15) is 0 Å². The summed E-state index contributed by atoms with van der Waals surface area (Å²) in [5.41, 5.74) is 28.0. The van der Waals surface area contributed by atoms with Gasteiger partial charge in [0.25, 0.3) is 0 Å². The van der Waals surface area contributed by atoms with Crippen molar-refractivity contribution in [1.82, 2.24) is 34.9 Å². The fourth-order valence-electron chi connectivity index (χ4n) is 17.5. The lowest BCUT2D eigenvalue weighted by atomic mass is 9.89. The van der Waals surface area contributed by atoms with E-state index < -0.39 is 0 Å². The number of benzene rings is 8. The van der Waals surface area contributed by atoms with Crippen LogP contribution >= 0.6 is 0 Å². The first-order chi connectivity index (χ1) is 42.4. The highest BCUT2D eigenvalue weighted by Crippen LogP contribution is 2.56. The summed E-state index contributed by atoms with van der Waals surface area (Å²) >= 11 is 0. The zero-order valence-electron chi connectivity index (χ0n) is 53.8. The van der Waals surface area contributed by atoms with Crippen molar-refractivity contribution in [3.05, 3.63) is 142 Å². The van der Waals surface area contributed by atoms with Crippen LogP contribution in [0, 0.1) is 0 Å². The maximum absolute atomic E-state index is 6.12. The first-order valence-electron chi connectivity index (χ1n) is 32.8. The minimum absolute atomic E-state index is 0.150. The summed E-state index contributed by atoms with van der Waals surface area (Å²) in [6.45, 7) is 38.0. The van der Waals surface area contributed by atoms with Gasteiger partial charge in [0.1, 0.15) is 16.4 Å². The standard InChI is InChI=1S/C80H78N8/c1-33(2)49-57-41-25-17-18-26-42(41)58-51(35(5)6)67-68-53(37(9)10)61-45-29-21-22-30-46(45)63-55(39(13)14)71(87-78(63)77(61)85-68)72-56(40(15)16)64-48-32-24-23-31-47(48)62-54(38(11)12)70(86-79(62)80(64)88-72)69-52(36(7)8)60-44-28-20-19-27-43(44)59-50(34(3)4)66(82-75(59)76(60)84-69)65(49)81-73(57)74(58)83-67/h17-40,81-83,86-88H,1-16H3. The van der Waals surface area contributed by atoms with Gasteiger partial charge in [-0.2, -0.15) is 0 Å². The topological polar surface area (TPSA) is 118 Å². The molecule has 2 aliphatic heterocycles. The molecule has 0 amide bonds. The Morgan fingerprint density at radius 3 is 1.09 bits per heavy atom. The summed E-state index contributed by atoms with van der Waals surface area (Å²) < 4.78 is 0. The van der Waals surface area contributed by atoms with Crippen LogP contribution in [-0.4, -0.2) is 29.9 Å². The third kappa shape index (κ3) is 6.66. The molecule has 0 fully saturated rings. The van der Waals surface area contributed by atoms with E-state index in [4.69, 9.17) is 9.97 Å². The largest absolute Gasteiger partial charge is 0.654 e. The van der Waals surface area contributed by atoms with Crippen molar-refractivity contribution in [3.63, 3.8) is 0 Å². The number of rotatable bonds is 8. The summed E-state index contributed by atoms with van der Waals surface area (Å²) in [5, 5.41) is 24.4. The first-order valence-corrected chi connectivity index (χ1v) is 32.8. The van der Waals surface area contributed by atoms with Crippen molar-refractivity contribution in [1.29, 1.82) is 0 Å². The summed E-state index contributed by atoms with van der Waals surface area (Å²) in [5.74, 6) is 1.29. The van der Waals surface area contributed by atoms with Crippen LogP contribution in [0.1, 0.15) is 203 Å². The van der Waals surface area contributed by atoms with Gasteiger partial charge in [-0.3, -0.25) is 5.32 Å². The predicted octanol–water partition coefficient (Wildman–Crippen LogP) is 23.9. The van der Waals surface area contributed by atoms with E-state index >= 15 is 0 Å². The molecule has 0 saturated heterocycles. The number of nitrogens with one attached hydrogen (secondary N) is 6. The second-order valence-corrected chi connectivity index (χ2v) is 28.6. The molecule has 0 aliphatic carbocycles. The van der Waals surface area contributed by atoms with Gasteiger partial charge in [-0.15, -0.1) is 11.0 Å². The average molecular weight is 1150 g/mol. The molecule has 0 radical (unpaired) electrons. The molecule has 8 nitrogen and oxygen atoms in total. The van der Waals surface area contributed by atoms with Crippen molar-refractivity contribution in [2.75, 3.05) is 5.32 Å². The molecule has 2 aliphatic rings. The second-order valence-electron chi connectivity index (χ2n) is 28.6. The lowest BCUT2D eigenvalue weighted by Gasteiger charge is -2.14. The number of nitrogens with zero attached hydrogens (tertiary/aromatic N) is 2. The summed E-state index contributed by atoms with van der Waals surface area (Å²) in [6.07, 6.45) is 0. The van der Waals surface area contributed by atoms with Gasteiger partial charge in [0.05, 0.1) is 55.1 Å². The molecule has 15 aromatic rings. The van der Waals surface area contributed by atoms with Crippen LogP contribution in [0.3, 0.4) is 0 Å². The fourth-order valence-corrected chi connectivity index (χ4v) is 17.5. The summed E-state index contributed by atoms with van der Waals surface area (Å²) in [7, 11) is 0. The van der Waals surface area contributed by atoms with Crippen molar-refractivity contribution < 1.29 is 0 Å². The molecule has 9 heterocycles. The van der Waals surface area contributed by atoms with Gasteiger partial charge in [0.15, 0.2) is 11.4 Å². The molecule has 8 aromatic carbocycles.